The summed E-state index contributed by atoms with van der Waals surface area (Å²) in [5.41, 5.74) is 8.94. The Hall–Kier alpha value is -1.91. The van der Waals surface area contributed by atoms with Crippen molar-refractivity contribution in [2.45, 2.75) is 38.3 Å². The summed E-state index contributed by atoms with van der Waals surface area (Å²) in [5, 5.41) is 2.07. The van der Waals surface area contributed by atoms with E-state index >= 15 is 0 Å². The molecule has 1 atom stereocenters. The van der Waals surface area contributed by atoms with Gasteiger partial charge in [-0.05, 0) is 28.0 Å². The molecule has 1 aromatic carbocycles. The number of nitrogens with zero attached hydrogens (tertiary/aromatic N) is 2. The van der Waals surface area contributed by atoms with Crippen molar-refractivity contribution in [1.82, 2.24) is 9.55 Å². The molecule has 1 unspecified atom stereocenters. The van der Waals surface area contributed by atoms with Crippen LogP contribution in [-0.2, 0) is 17.5 Å². The van der Waals surface area contributed by atoms with Crippen LogP contribution in [0.1, 0.15) is 36.8 Å². The number of hydrogen-bond donors (Lipinski definition) is 1. The summed E-state index contributed by atoms with van der Waals surface area (Å²) in [7, 11) is 0. The van der Waals surface area contributed by atoms with Gasteiger partial charge in [0.1, 0.15) is 5.66 Å². The van der Waals surface area contributed by atoms with E-state index in [-0.39, 0.29) is 5.41 Å². The Bertz CT molecular complexity index is 701. The fraction of sp³-hybridized carbons (Fsp3) is 0.316. The third-order valence-corrected chi connectivity index (χ3v) is 5.24. The maximum atomic E-state index is 6.82. The zero-order chi connectivity index (χ0) is 16.5. The fourth-order valence-corrected chi connectivity index (χ4v) is 3.60. The molecule has 4 heteroatoms. The minimum Gasteiger partial charge on any atom is -0.314 e. The highest BCUT2D eigenvalue weighted by molar-refractivity contribution is 7.10. The largest absolute Gasteiger partial charge is 0.314 e. The Morgan fingerprint density at radius 1 is 1.13 bits per heavy atom. The van der Waals surface area contributed by atoms with Gasteiger partial charge in [0, 0.05) is 23.7 Å². The molecule has 0 radical (unpaired) electrons. The minimum absolute atomic E-state index is 0.163. The smallest absolute Gasteiger partial charge is 0.133 e. The highest BCUT2D eigenvalue weighted by atomic mass is 32.1. The molecule has 0 aliphatic heterocycles. The molecule has 120 valence electrons. The average Bonchev–Trinajstić information content (AvgIpc) is 3.21. The Morgan fingerprint density at radius 2 is 1.87 bits per heavy atom. The molecule has 3 nitrogen and oxygen atoms in total. The summed E-state index contributed by atoms with van der Waals surface area (Å²) >= 11 is 1.68. The highest BCUT2D eigenvalue weighted by Crippen LogP contribution is 2.30. The first-order valence-corrected chi connectivity index (χ1v) is 8.68. The maximum absolute atomic E-state index is 6.82. The molecule has 23 heavy (non-hydrogen) atoms. The molecule has 0 saturated carbocycles. The van der Waals surface area contributed by atoms with Crippen LogP contribution in [0.4, 0.5) is 0 Å². The lowest BCUT2D eigenvalue weighted by Crippen LogP contribution is -2.45. The van der Waals surface area contributed by atoms with Crippen molar-refractivity contribution < 1.29 is 0 Å². The Morgan fingerprint density at radius 3 is 2.39 bits per heavy atom. The van der Waals surface area contributed by atoms with Gasteiger partial charge < -0.3 is 10.3 Å². The van der Waals surface area contributed by atoms with Crippen LogP contribution in [0.15, 0.2) is 60.5 Å². The van der Waals surface area contributed by atoms with E-state index in [0.29, 0.717) is 0 Å². The van der Waals surface area contributed by atoms with Crippen molar-refractivity contribution in [2.24, 2.45) is 5.73 Å². The van der Waals surface area contributed by atoms with Crippen LogP contribution in [0.25, 0.3) is 0 Å². The second kappa shape index (κ2) is 5.95. The molecule has 2 N–H and O–H groups in total. The van der Waals surface area contributed by atoms with E-state index in [4.69, 9.17) is 5.73 Å². The van der Waals surface area contributed by atoms with E-state index in [1.807, 2.05) is 16.8 Å². The first kappa shape index (κ1) is 16.0. The number of imidazole rings is 1. The van der Waals surface area contributed by atoms with Crippen LogP contribution >= 0.6 is 11.3 Å². The van der Waals surface area contributed by atoms with Gasteiger partial charge in [0.25, 0.3) is 0 Å². The molecule has 2 heterocycles. The molecule has 0 aliphatic rings. The van der Waals surface area contributed by atoms with Gasteiger partial charge in [-0.25, -0.2) is 4.98 Å². The normalized spacial score (nSPS) is 14.6. The van der Waals surface area contributed by atoms with Crippen molar-refractivity contribution in [3.05, 3.63) is 76.5 Å². The zero-order valence-corrected chi connectivity index (χ0v) is 14.7. The van der Waals surface area contributed by atoms with Crippen LogP contribution < -0.4 is 5.73 Å². The van der Waals surface area contributed by atoms with E-state index in [1.165, 1.54) is 11.1 Å². The van der Waals surface area contributed by atoms with Crippen molar-refractivity contribution in [2.75, 3.05) is 0 Å². The predicted molar refractivity (Wildman–Crippen MR) is 96.7 cm³/mol. The molecule has 0 spiro atoms. The van der Waals surface area contributed by atoms with Crippen molar-refractivity contribution >= 4 is 11.3 Å². The Kier molecular flexibility index (Phi) is 4.13. The first-order chi connectivity index (χ1) is 10.9. The lowest BCUT2D eigenvalue weighted by atomic mass is 9.86. The number of benzene rings is 1. The van der Waals surface area contributed by atoms with Gasteiger partial charge >= 0.3 is 0 Å². The van der Waals surface area contributed by atoms with Gasteiger partial charge in [-0.15, -0.1) is 11.3 Å². The Labute approximate surface area is 141 Å². The summed E-state index contributed by atoms with van der Waals surface area (Å²) in [4.78, 5) is 5.31. The average molecular weight is 325 g/mol. The summed E-state index contributed by atoms with van der Waals surface area (Å²) in [6, 6.07) is 12.9. The predicted octanol–water partition coefficient (Wildman–Crippen LogP) is 4.14. The van der Waals surface area contributed by atoms with Crippen molar-refractivity contribution in [1.29, 1.82) is 0 Å². The fourth-order valence-electron chi connectivity index (χ4n) is 2.76. The van der Waals surface area contributed by atoms with E-state index in [2.05, 4.69) is 61.5 Å². The second-order valence-corrected chi connectivity index (χ2v) is 7.94. The van der Waals surface area contributed by atoms with Crippen molar-refractivity contribution in [3.63, 3.8) is 0 Å². The third-order valence-electron chi connectivity index (χ3n) is 4.21. The SMILES string of the molecule is CC(C)(C)c1ccc(CC(N)(c2cccs2)n2ccnc2)cc1. The Balaban J connectivity index is 1.94. The maximum Gasteiger partial charge on any atom is 0.133 e. The molecule has 0 fully saturated rings. The molecule has 0 saturated heterocycles. The summed E-state index contributed by atoms with van der Waals surface area (Å²) in [6.45, 7) is 6.69. The van der Waals surface area contributed by atoms with E-state index in [1.54, 1.807) is 23.9 Å². The van der Waals surface area contributed by atoms with E-state index in [0.717, 1.165) is 11.3 Å². The molecule has 0 bridgehead atoms. The summed E-state index contributed by atoms with van der Waals surface area (Å²) < 4.78 is 2.00. The van der Waals surface area contributed by atoms with Gasteiger partial charge in [0.15, 0.2) is 0 Å². The number of nitrogens with two attached hydrogens (primary N) is 1. The highest BCUT2D eigenvalue weighted by Gasteiger charge is 2.30. The molecule has 3 aromatic rings. The number of rotatable bonds is 4. The van der Waals surface area contributed by atoms with Gasteiger partial charge in [-0.1, -0.05) is 51.1 Å². The number of hydrogen-bond acceptors (Lipinski definition) is 3. The molecule has 0 aliphatic carbocycles. The molecule has 3 rings (SSSR count). The van der Waals surface area contributed by atoms with E-state index < -0.39 is 5.66 Å². The van der Waals surface area contributed by atoms with Crippen LogP contribution in [0.2, 0.25) is 0 Å². The monoisotopic (exact) mass is 325 g/mol. The molecular formula is C19H23N3S. The lowest BCUT2D eigenvalue weighted by Gasteiger charge is -2.30. The quantitative estimate of drug-likeness (QED) is 0.783. The summed E-state index contributed by atoms with van der Waals surface area (Å²) in [5.74, 6) is 0. The van der Waals surface area contributed by atoms with Crippen LogP contribution in [0.3, 0.4) is 0 Å². The van der Waals surface area contributed by atoms with Gasteiger partial charge in [-0.3, -0.25) is 0 Å². The summed E-state index contributed by atoms with van der Waals surface area (Å²) in [6.07, 6.45) is 6.23. The molecule has 2 aromatic heterocycles. The van der Waals surface area contributed by atoms with Crippen LogP contribution in [-0.4, -0.2) is 9.55 Å². The minimum atomic E-state index is -0.603. The molecular weight excluding hydrogens is 302 g/mol. The lowest BCUT2D eigenvalue weighted by molar-refractivity contribution is 0.372. The second-order valence-electron chi connectivity index (χ2n) is 7.00. The third kappa shape index (κ3) is 3.23. The van der Waals surface area contributed by atoms with Crippen LogP contribution in [0, 0.1) is 0 Å². The topological polar surface area (TPSA) is 43.8 Å². The van der Waals surface area contributed by atoms with Gasteiger partial charge in [0.05, 0.1) is 6.33 Å². The standard InChI is InChI=1S/C19H23N3S/c1-18(2,3)16-8-6-15(7-9-16)13-19(20,17-5-4-12-23-17)22-11-10-21-14-22/h4-12,14H,13,20H2,1-3H3. The van der Waals surface area contributed by atoms with Gasteiger partial charge in [-0.2, -0.15) is 0 Å². The van der Waals surface area contributed by atoms with Crippen LogP contribution in [0.5, 0.6) is 0 Å². The first-order valence-electron chi connectivity index (χ1n) is 7.80. The van der Waals surface area contributed by atoms with Gasteiger partial charge in [0.2, 0.25) is 0 Å². The molecule has 0 amide bonds. The number of thiophene rings is 1. The van der Waals surface area contributed by atoms with E-state index in [9.17, 15) is 0 Å². The number of aromatic nitrogens is 2. The zero-order valence-electron chi connectivity index (χ0n) is 13.9. The van der Waals surface area contributed by atoms with Crippen molar-refractivity contribution in [3.8, 4) is 0 Å².